The Bertz CT molecular complexity index is 773. The highest BCUT2D eigenvalue weighted by Crippen LogP contribution is 2.23. The molecule has 1 aliphatic rings. The fraction of sp³-hybridized carbons (Fsp3) is 0.458. The van der Waals surface area contributed by atoms with Gasteiger partial charge >= 0.3 is 0 Å². The smallest absolute Gasteiger partial charge is 0.223 e. The predicted octanol–water partition coefficient (Wildman–Crippen LogP) is 4.70. The third-order valence-corrected chi connectivity index (χ3v) is 5.74. The quantitative estimate of drug-likeness (QED) is 0.834. The third kappa shape index (κ3) is 5.20. The number of likely N-dealkylation sites (tertiary alicyclic amines) is 1. The highest BCUT2D eigenvalue weighted by Gasteiger charge is 2.26. The zero-order valence-corrected chi connectivity index (χ0v) is 17.1. The van der Waals surface area contributed by atoms with Gasteiger partial charge in [-0.05, 0) is 70.3 Å². The van der Waals surface area contributed by atoms with E-state index < -0.39 is 0 Å². The zero-order chi connectivity index (χ0) is 19.4. The van der Waals surface area contributed by atoms with E-state index in [4.69, 9.17) is 0 Å². The normalized spacial score (nSPS) is 16.9. The maximum atomic E-state index is 12.7. The van der Waals surface area contributed by atoms with Crippen molar-refractivity contribution in [2.24, 2.45) is 5.92 Å². The molecule has 27 heavy (non-hydrogen) atoms. The molecule has 2 aromatic carbocycles. The van der Waals surface area contributed by atoms with Crippen molar-refractivity contribution in [2.45, 2.75) is 53.1 Å². The van der Waals surface area contributed by atoms with Crippen molar-refractivity contribution in [3.63, 3.8) is 0 Å². The molecule has 0 aromatic heterocycles. The predicted molar refractivity (Wildman–Crippen MR) is 112 cm³/mol. The van der Waals surface area contributed by atoms with E-state index in [0.717, 1.165) is 32.5 Å². The molecule has 1 amide bonds. The number of hydrogen-bond donors (Lipinski definition) is 1. The van der Waals surface area contributed by atoms with E-state index in [0.29, 0.717) is 0 Å². The summed E-state index contributed by atoms with van der Waals surface area (Å²) >= 11 is 0. The van der Waals surface area contributed by atoms with Crippen LogP contribution in [0.4, 0.5) is 0 Å². The molecule has 3 rings (SSSR count). The first-order valence-corrected chi connectivity index (χ1v) is 10.1. The van der Waals surface area contributed by atoms with Crippen molar-refractivity contribution in [3.05, 3.63) is 70.3 Å². The Morgan fingerprint density at radius 1 is 1.04 bits per heavy atom. The lowest BCUT2D eigenvalue weighted by molar-refractivity contribution is -0.127. The van der Waals surface area contributed by atoms with E-state index in [1.807, 2.05) is 0 Å². The van der Waals surface area contributed by atoms with E-state index >= 15 is 0 Å². The Morgan fingerprint density at radius 3 is 2.30 bits per heavy atom. The number of nitrogens with one attached hydrogen (secondary N) is 1. The lowest BCUT2D eigenvalue weighted by atomic mass is 9.94. The van der Waals surface area contributed by atoms with Crippen molar-refractivity contribution < 1.29 is 4.79 Å². The lowest BCUT2D eigenvalue weighted by Crippen LogP contribution is -2.41. The van der Waals surface area contributed by atoms with Crippen LogP contribution in [0.5, 0.6) is 0 Å². The van der Waals surface area contributed by atoms with Gasteiger partial charge in [-0.25, -0.2) is 0 Å². The van der Waals surface area contributed by atoms with E-state index in [9.17, 15) is 4.79 Å². The highest BCUT2D eigenvalue weighted by molar-refractivity contribution is 5.79. The molecule has 1 fully saturated rings. The van der Waals surface area contributed by atoms with Crippen molar-refractivity contribution in [1.82, 2.24) is 10.2 Å². The second-order valence-electron chi connectivity index (χ2n) is 8.13. The molecule has 0 bridgehead atoms. The van der Waals surface area contributed by atoms with Crippen LogP contribution in [0, 0.1) is 26.7 Å². The second-order valence-corrected chi connectivity index (χ2v) is 8.13. The van der Waals surface area contributed by atoms with Crippen LogP contribution in [0.15, 0.2) is 42.5 Å². The van der Waals surface area contributed by atoms with E-state index in [2.05, 4.69) is 80.4 Å². The standard InChI is InChI=1S/C24H32N2O/c1-17-5-8-21(9-6-17)16-26-13-11-22(12-14-26)24(27)25-20(4)23-10-7-18(2)15-19(23)3/h5-10,15,20,22H,11-14,16H2,1-4H3,(H,25,27). The Morgan fingerprint density at radius 2 is 1.67 bits per heavy atom. The molecular weight excluding hydrogens is 332 g/mol. The molecule has 3 heteroatoms. The highest BCUT2D eigenvalue weighted by atomic mass is 16.1. The number of amides is 1. The average molecular weight is 365 g/mol. The molecule has 2 aromatic rings. The molecule has 0 aliphatic carbocycles. The first-order chi connectivity index (χ1) is 12.9. The molecule has 1 aliphatic heterocycles. The first kappa shape index (κ1) is 19.6. The lowest BCUT2D eigenvalue weighted by Gasteiger charge is -2.32. The summed E-state index contributed by atoms with van der Waals surface area (Å²) in [6.07, 6.45) is 1.88. The van der Waals surface area contributed by atoms with E-state index in [-0.39, 0.29) is 17.9 Å². The molecule has 3 nitrogen and oxygen atoms in total. The monoisotopic (exact) mass is 364 g/mol. The summed E-state index contributed by atoms with van der Waals surface area (Å²) in [4.78, 5) is 15.2. The van der Waals surface area contributed by atoms with Crippen LogP contribution in [0.3, 0.4) is 0 Å². The van der Waals surface area contributed by atoms with Gasteiger partial charge < -0.3 is 5.32 Å². The molecule has 0 saturated carbocycles. The molecule has 0 radical (unpaired) electrons. The van der Waals surface area contributed by atoms with Gasteiger partial charge in [-0.2, -0.15) is 0 Å². The number of aryl methyl sites for hydroxylation is 3. The van der Waals surface area contributed by atoms with Crippen LogP contribution in [0.25, 0.3) is 0 Å². The van der Waals surface area contributed by atoms with Gasteiger partial charge in [0.25, 0.3) is 0 Å². The van der Waals surface area contributed by atoms with Crippen molar-refractivity contribution in [3.8, 4) is 0 Å². The second kappa shape index (κ2) is 8.71. The summed E-state index contributed by atoms with van der Waals surface area (Å²) in [6.45, 7) is 11.4. The summed E-state index contributed by atoms with van der Waals surface area (Å²) in [5.74, 6) is 0.338. The van der Waals surface area contributed by atoms with Crippen LogP contribution in [-0.2, 0) is 11.3 Å². The summed E-state index contributed by atoms with van der Waals surface area (Å²) in [5.41, 5.74) is 6.37. The third-order valence-electron chi connectivity index (χ3n) is 5.74. The van der Waals surface area contributed by atoms with Gasteiger partial charge in [0, 0.05) is 12.5 Å². The Labute approximate surface area is 163 Å². The number of benzene rings is 2. The SMILES string of the molecule is Cc1ccc(CN2CCC(C(=O)NC(C)c3ccc(C)cc3C)CC2)cc1. The fourth-order valence-electron chi connectivity index (χ4n) is 4.03. The summed E-state index contributed by atoms with van der Waals surface area (Å²) in [5, 5.41) is 3.24. The first-order valence-electron chi connectivity index (χ1n) is 10.1. The van der Waals surface area contributed by atoms with Crippen LogP contribution >= 0.6 is 0 Å². The molecule has 144 valence electrons. The molecular formula is C24H32N2O. The van der Waals surface area contributed by atoms with Crippen LogP contribution in [-0.4, -0.2) is 23.9 Å². The minimum atomic E-state index is 0.0590. The summed E-state index contributed by atoms with van der Waals surface area (Å²) in [6, 6.07) is 15.3. The van der Waals surface area contributed by atoms with E-state index in [1.165, 1.54) is 27.8 Å². The van der Waals surface area contributed by atoms with Crippen molar-refractivity contribution >= 4 is 5.91 Å². The maximum Gasteiger partial charge on any atom is 0.223 e. The molecule has 1 saturated heterocycles. The van der Waals surface area contributed by atoms with Crippen LogP contribution in [0.2, 0.25) is 0 Å². The molecule has 1 N–H and O–H groups in total. The van der Waals surface area contributed by atoms with Gasteiger partial charge in [-0.3, -0.25) is 9.69 Å². The number of carbonyl (C=O) groups is 1. The Balaban J connectivity index is 1.50. The number of carbonyl (C=O) groups excluding carboxylic acids is 1. The Kier molecular flexibility index (Phi) is 6.33. The van der Waals surface area contributed by atoms with Crippen molar-refractivity contribution in [2.75, 3.05) is 13.1 Å². The molecule has 0 spiro atoms. The number of nitrogens with zero attached hydrogens (tertiary/aromatic N) is 1. The van der Waals surface area contributed by atoms with Gasteiger partial charge in [0.15, 0.2) is 0 Å². The van der Waals surface area contributed by atoms with E-state index in [1.54, 1.807) is 0 Å². The largest absolute Gasteiger partial charge is 0.349 e. The van der Waals surface area contributed by atoms with Crippen molar-refractivity contribution in [1.29, 1.82) is 0 Å². The van der Waals surface area contributed by atoms with Gasteiger partial charge in [0.05, 0.1) is 6.04 Å². The van der Waals surface area contributed by atoms with Gasteiger partial charge in [-0.1, -0.05) is 53.6 Å². The average Bonchev–Trinajstić information content (AvgIpc) is 2.64. The van der Waals surface area contributed by atoms with Crippen LogP contribution < -0.4 is 5.32 Å². The topological polar surface area (TPSA) is 32.3 Å². The number of rotatable bonds is 5. The fourth-order valence-corrected chi connectivity index (χ4v) is 4.03. The van der Waals surface area contributed by atoms with Gasteiger partial charge in [0.2, 0.25) is 5.91 Å². The minimum Gasteiger partial charge on any atom is -0.349 e. The summed E-state index contributed by atoms with van der Waals surface area (Å²) in [7, 11) is 0. The maximum absolute atomic E-state index is 12.7. The minimum absolute atomic E-state index is 0.0590. The number of hydrogen-bond acceptors (Lipinski definition) is 2. The Hall–Kier alpha value is -2.13. The number of piperidine rings is 1. The molecule has 1 heterocycles. The molecule has 1 atom stereocenters. The zero-order valence-electron chi connectivity index (χ0n) is 17.1. The van der Waals surface area contributed by atoms with Crippen LogP contribution in [0.1, 0.15) is 53.6 Å². The molecule has 1 unspecified atom stereocenters. The summed E-state index contributed by atoms with van der Waals surface area (Å²) < 4.78 is 0. The van der Waals surface area contributed by atoms with Gasteiger partial charge in [-0.15, -0.1) is 0 Å². The van der Waals surface area contributed by atoms with Gasteiger partial charge in [0.1, 0.15) is 0 Å².